The zero-order valence-electron chi connectivity index (χ0n) is 9.63. The van der Waals surface area contributed by atoms with E-state index >= 15 is 0 Å². The van der Waals surface area contributed by atoms with E-state index in [0.717, 1.165) is 5.56 Å². The summed E-state index contributed by atoms with van der Waals surface area (Å²) in [6.07, 6.45) is 1.69. The molecule has 2 N–H and O–H groups in total. The van der Waals surface area contributed by atoms with Crippen LogP contribution in [0.2, 0.25) is 0 Å². The Bertz CT molecular complexity index is 533. The minimum Gasteiger partial charge on any atom is -0.325 e. The van der Waals surface area contributed by atoms with Gasteiger partial charge in [-0.25, -0.2) is 4.68 Å². The lowest BCUT2D eigenvalue weighted by molar-refractivity contribution is 0.0967. The van der Waals surface area contributed by atoms with Crippen molar-refractivity contribution in [2.24, 2.45) is 5.73 Å². The van der Waals surface area contributed by atoms with E-state index in [1.165, 1.54) is 4.68 Å². The maximum Gasteiger partial charge on any atom is 0.184 e. The number of hydrogen-bond acceptors (Lipinski definition) is 4. The predicted octanol–water partition coefficient (Wildman–Crippen LogP) is 0.928. The number of Topliss-reactive ketones (excluding diaryl/α,β-unsaturated/α-hetero) is 1. The molecule has 1 heterocycles. The number of aryl methyl sites for hydroxylation is 1. The summed E-state index contributed by atoms with van der Waals surface area (Å²) in [7, 11) is 0. The molecule has 0 radical (unpaired) electrons. The summed E-state index contributed by atoms with van der Waals surface area (Å²) in [5.74, 6) is 0.0159. The molecule has 0 saturated heterocycles. The number of aromatic nitrogens is 3. The molecule has 0 fully saturated rings. The Morgan fingerprint density at radius 3 is 2.94 bits per heavy atom. The van der Waals surface area contributed by atoms with E-state index in [9.17, 15) is 4.79 Å². The van der Waals surface area contributed by atoms with Crippen molar-refractivity contribution in [3.8, 4) is 0 Å². The topological polar surface area (TPSA) is 73.8 Å². The number of hydrogen-bond donors (Lipinski definition) is 1. The molecule has 0 unspecified atom stereocenters. The summed E-state index contributed by atoms with van der Waals surface area (Å²) < 4.78 is 1.51. The maximum absolute atomic E-state index is 11.9. The van der Waals surface area contributed by atoms with E-state index in [4.69, 9.17) is 5.73 Å². The molecule has 17 heavy (non-hydrogen) atoms. The molecule has 1 aromatic carbocycles. The van der Waals surface area contributed by atoms with Crippen LogP contribution in [0.15, 0.2) is 30.5 Å². The summed E-state index contributed by atoms with van der Waals surface area (Å²) >= 11 is 0. The van der Waals surface area contributed by atoms with Gasteiger partial charge in [0.1, 0.15) is 6.54 Å². The van der Waals surface area contributed by atoms with E-state index < -0.39 is 0 Å². The third-order valence-corrected chi connectivity index (χ3v) is 2.44. The van der Waals surface area contributed by atoms with Crippen LogP contribution in [-0.2, 0) is 13.1 Å². The highest BCUT2D eigenvalue weighted by Crippen LogP contribution is 2.06. The number of carbonyl (C=O) groups is 1. The minimum absolute atomic E-state index is 0.0159. The Balaban J connectivity index is 2.11. The normalized spacial score (nSPS) is 10.5. The van der Waals surface area contributed by atoms with Gasteiger partial charge in [0, 0.05) is 12.1 Å². The number of nitrogens with zero attached hydrogens (tertiary/aromatic N) is 3. The van der Waals surface area contributed by atoms with Crippen LogP contribution in [0.1, 0.15) is 21.6 Å². The third kappa shape index (κ3) is 2.76. The second-order valence-electron chi connectivity index (χ2n) is 3.90. The fourth-order valence-electron chi connectivity index (χ4n) is 1.57. The lowest BCUT2D eigenvalue weighted by atomic mass is 10.1. The first-order chi connectivity index (χ1) is 8.19. The molecule has 2 aromatic rings. The summed E-state index contributed by atoms with van der Waals surface area (Å²) in [5.41, 5.74) is 7.86. The molecule has 0 atom stereocenters. The first-order valence-corrected chi connectivity index (χ1v) is 5.38. The highest BCUT2D eigenvalue weighted by atomic mass is 16.1. The van der Waals surface area contributed by atoms with E-state index in [-0.39, 0.29) is 12.3 Å². The number of benzene rings is 1. The average Bonchev–Trinajstić information content (AvgIpc) is 2.77. The number of carbonyl (C=O) groups excluding carboxylic acids is 1. The van der Waals surface area contributed by atoms with E-state index in [1.807, 2.05) is 25.1 Å². The third-order valence-electron chi connectivity index (χ3n) is 2.44. The second-order valence-corrected chi connectivity index (χ2v) is 3.90. The molecule has 0 aliphatic carbocycles. The lowest BCUT2D eigenvalue weighted by Gasteiger charge is -2.01. The Kier molecular flexibility index (Phi) is 3.30. The second kappa shape index (κ2) is 4.88. The SMILES string of the molecule is Cc1cccc(C(=O)Cn2cc(CN)nn2)c1. The maximum atomic E-state index is 11.9. The van der Waals surface area contributed by atoms with Crippen LogP contribution < -0.4 is 5.73 Å². The number of ketones is 1. The monoisotopic (exact) mass is 230 g/mol. The first kappa shape index (κ1) is 11.5. The zero-order chi connectivity index (χ0) is 12.3. The highest BCUT2D eigenvalue weighted by Gasteiger charge is 2.08. The number of nitrogens with two attached hydrogens (primary N) is 1. The molecule has 0 spiro atoms. The van der Waals surface area contributed by atoms with Crippen LogP contribution in [0.5, 0.6) is 0 Å². The zero-order valence-corrected chi connectivity index (χ0v) is 9.63. The van der Waals surface area contributed by atoms with Gasteiger partial charge < -0.3 is 5.73 Å². The average molecular weight is 230 g/mol. The Morgan fingerprint density at radius 2 is 2.29 bits per heavy atom. The predicted molar refractivity (Wildman–Crippen MR) is 63.4 cm³/mol. The van der Waals surface area contributed by atoms with Gasteiger partial charge in [0.25, 0.3) is 0 Å². The van der Waals surface area contributed by atoms with Crippen molar-refractivity contribution in [2.75, 3.05) is 0 Å². The van der Waals surface area contributed by atoms with Crippen molar-refractivity contribution >= 4 is 5.78 Å². The van der Waals surface area contributed by atoms with Gasteiger partial charge in [0.05, 0.1) is 11.9 Å². The van der Waals surface area contributed by atoms with Crippen molar-refractivity contribution < 1.29 is 4.79 Å². The quantitative estimate of drug-likeness (QED) is 0.793. The fraction of sp³-hybridized carbons (Fsp3) is 0.250. The van der Waals surface area contributed by atoms with Crippen molar-refractivity contribution in [3.05, 3.63) is 47.3 Å². The van der Waals surface area contributed by atoms with Crippen LogP contribution in [0.4, 0.5) is 0 Å². The molecule has 0 aliphatic heterocycles. The Hall–Kier alpha value is -2.01. The van der Waals surface area contributed by atoms with Crippen LogP contribution in [0.3, 0.4) is 0 Å². The first-order valence-electron chi connectivity index (χ1n) is 5.38. The molecule has 5 nitrogen and oxygen atoms in total. The van der Waals surface area contributed by atoms with Gasteiger partial charge in [-0.2, -0.15) is 0 Å². The molecule has 0 saturated carbocycles. The van der Waals surface area contributed by atoms with Gasteiger partial charge in [-0.15, -0.1) is 5.10 Å². The molecule has 0 amide bonds. The molecule has 88 valence electrons. The lowest BCUT2D eigenvalue weighted by Crippen LogP contribution is -2.11. The molecule has 0 bridgehead atoms. The largest absolute Gasteiger partial charge is 0.325 e. The van der Waals surface area contributed by atoms with Crippen LogP contribution in [0, 0.1) is 6.92 Å². The van der Waals surface area contributed by atoms with Crippen molar-refractivity contribution in [1.82, 2.24) is 15.0 Å². The van der Waals surface area contributed by atoms with Gasteiger partial charge >= 0.3 is 0 Å². The smallest absolute Gasteiger partial charge is 0.184 e. The van der Waals surface area contributed by atoms with Crippen molar-refractivity contribution in [3.63, 3.8) is 0 Å². The molecule has 5 heteroatoms. The van der Waals surface area contributed by atoms with Gasteiger partial charge in [-0.1, -0.05) is 29.0 Å². The standard InChI is InChI=1S/C12H14N4O/c1-9-3-2-4-10(5-9)12(17)8-16-7-11(6-13)14-15-16/h2-5,7H,6,8,13H2,1H3. The van der Waals surface area contributed by atoms with Gasteiger partial charge in [0.15, 0.2) is 5.78 Å². The van der Waals surface area contributed by atoms with Crippen molar-refractivity contribution in [1.29, 1.82) is 0 Å². The van der Waals surface area contributed by atoms with E-state index in [1.54, 1.807) is 12.3 Å². The van der Waals surface area contributed by atoms with E-state index in [2.05, 4.69) is 10.3 Å². The molecular formula is C12H14N4O. The fourth-order valence-corrected chi connectivity index (χ4v) is 1.57. The van der Waals surface area contributed by atoms with Crippen LogP contribution in [0.25, 0.3) is 0 Å². The molecule has 1 aromatic heterocycles. The summed E-state index contributed by atoms with van der Waals surface area (Å²) in [6.45, 7) is 2.48. The molecule has 0 aliphatic rings. The molecule has 2 rings (SSSR count). The van der Waals surface area contributed by atoms with E-state index in [0.29, 0.717) is 17.8 Å². The highest BCUT2D eigenvalue weighted by molar-refractivity contribution is 5.95. The van der Waals surface area contributed by atoms with Gasteiger partial charge in [0.2, 0.25) is 0 Å². The van der Waals surface area contributed by atoms with Gasteiger partial charge in [-0.05, 0) is 13.0 Å². The van der Waals surface area contributed by atoms with Crippen LogP contribution in [-0.4, -0.2) is 20.8 Å². The molecular weight excluding hydrogens is 216 g/mol. The Morgan fingerprint density at radius 1 is 1.47 bits per heavy atom. The summed E-state index contributed by atoms with van der Waals surface area (Å²) in [5, 5.41) is 7.68. The van der Waals surface area contributed by atoms with Gasteiger partial charge in [-0.3, -0.25) is 4.79 Å². The van der Waals surface area contributed by atoms with Crippen molar-refractivity contribution in [2.45, 2.75) is 20.0 Å². The summed E-state index contributed by atoms with van der Waals surface area (Å²) in [4.78, 5) is 11.9. The van der Waals surface area contributed by atoms with Crippen LogP contribution >= 0.6 is 0 Å². The minimum atomic E-state index is 0.0159. The summed E-state index contributed by atoms with van der Waals surface area (Å²) in [6, 6.07) is 7.49. The Labute approximate surface area is 99.2 Å². The number of rotatable bonds is 4.